The number of nitrogens with one attached hydrogen (secondary N) is 2. The SMILES string of the molecule is O=C1N[C@@H]2C[C@@H](C(=O)N[C@@H](Cc3ccc(OCC(=O)N4CCCC4)cc3)C(=O)N3C[C@@H](F)C[C@@H]13)N(C1CCCC1)C2. The number of likely N-dealkylation sites (tertiary alicyclic amines) is 2. The van der Waals surface area contributed by atoms with Crippen molar-refractivity contribution in [3.63, 3.8) is 0 Å². The molecular weight excluding hydrogens is 529 g/mol. The second kappa shape index (κ2) is 12.0. The van der Waals surface area contributed by atoms with Gasteiger partial charge in [0.15, 0.2) is 6.61 Å². The van der Waals surface area contributed by atoms with Gasteiger partial charge < -0.3 is 25.2 Å². The number of hydrogen-bond donors (Lipinski definition) is 2. The summed E-state index contributed by atoms with van der Waals surface area (Å²) in [4.78, 5) is 58.4. The maximum atomic E-state index is 14.6. The van der Waals surface area contributed by atoms with E-state index in [1.54, 1.807) is 17.0 Å². The Hall–Kier alpha value is -3.21. The van der Waals surface area contributed by atoms with Crippen LogP contribution in [0.2, 0.25) is 0 Å². The van der Waals surface area contributed by atoms with Crippen molar-refractivity contribution in [1.82, 2.24) is 25.3 Å². The Morgan fingerprint density at radius 3 is 2.34 bits per heavy atom. The molecule has 1 saturated carbocycles. The maximum absolute atomic E-state index is 14.6. The van der Waals surface area contributed by atoms with Crippen molar-refractivity contribution in [2.45, 2.75) is 94.2 Å². The van der Waals surface area contributed by atoms with Gasteiger partial charge in [0.05, 0.1) is 12.6 Å². The van der Waals surface area contributed by atoms with Gasteiger partial charge in [-0.15, -0.1) is 0 Å². The van der Waals surface area contributed by atoms with Gasteiger partial charge in [-0.25, -0.2) is 4.39 Å². The average Bonchev–Trinajstić information content (AvgIpc) is 3.77. The first-order chi connectivity index (χ1) is 19.9. The zero-order chi connectivity index (χ0) is 28.5. The van der Waals surface area contributed by atoms with Crippen LogP contribution in [-0.4, -0.2) is 107 Å². The maximum Gasteiger partial charge on any atom is 0.260 e. The number of alkyl halides is 1. The number of benzene rings is 1. The molecule has 222 valence electrons. The van der Waals surface area contributed by atoms with E-state index >= 15 is 0 Å². The van der Waals surface area contributed by atoms with Crippen LogP contribution < -0.4 is 15.4 Å². The van der Waals surface area contributed by atoms with E-state index < -0.39 is 30.2 Å². The molecule has 0 spiro atoms. The lowest BCUT2D eigenvalue weighted by atomic mass is 10.0. The molecule has 1 aromatic rings. The molecule has 5 fully saturated rings. The molecule has 0 radical (unpaired) electrons. The van der Waals surface area contributed by atoms with E-state index in [0.717, 1.165) is 57.2 Å². The minimum absolute atomic E-state index is 0.0286. The standard InChI is InChI=1S/C30H40FN5O5/c31-20-14-25-28(38)32-21-15-26(35(17-21)22-5-1-2-6-22)29(39)33-24(30(40)36(25)16-20)13-19-7-9-23(10-8-19)41-18-27(37)34-11-3-4-12-34/h7-10,20-22,24-26H,1-6,11-18H2,(H,32,38)(H,33,39)/t20-,21+,24-,25-,26-/m0/s1. The highest BCUT2D eigenvalue weighted by molar-refractivity contribution is 5.94. The van der Waals surface area contributed by atoms with Crippen LogP contribution in [0, 0.1) is 0 Å². The van der Waals surface area contributed by atoms with E-state index in [1.165, 1.54) is 4.90 Å². The quantitative estimate of drug-likeness (QED) is 0.532. The monoisotopic (exact) mass is 569 g/mol. The van der Waals surface area contributed by atoms with Crippen LogP contribution >= 0.6 is 0 Å². The first-order valence-electron chi connectivity index (χ1n) is 15.2. The molecule has 5 aliphatic rings. The van der Waals surface area contributed by atoms with Gasteiger partial charge in [-0.2, -0.15) is 0 Å². The van der Waals surface area contributed by atoms with Crippen molar-refractivity contribution in [2.75, 3.05) is 32.8 Å². The van der Waals surface area contributed by atoms with Crippen LogP contribution in [0.3, 0.4) is 0 Å². The molecule has 2 bridgehead atoms. The summed E-state index contributed by atoms with van der Waals surface area (Å²) in [5, 5.41) is 6.05. The molecule has 41 heavy (non-hydrogen) atoms. The molecule has 4 amide bonds. The van der Waals surface area contributed by atoms with Gasteiger partial charge in [0.1, 0.15) is 24.0 Å². The smallest absolute Gasteiger partial charge is 0.260 e. The number of ether oxygens (including phenoxy) is 1. The summed E-state index contributed by atoms with van der Waals surface area (Å²) in [6, 6.07) is 4.93. The summed E-state index contributed by atoms with van der Waals surface area (Å²) in [5.41, 5.74) is 0.783. The normalized spacial score (nSPS) is 31.1. The summed E-state index contributed by atoms with van der Waals surface area (Å²) in [5.74, 6) is -0.496. The fourth-order valence-corrected chi connectivity index (χ4v) is 7.27. The van der Waals surface area contributed by atoms with E-state index in [9.17, 15) is 23.6 Å². The van der Waals surface area contributed by atoms with Crippen LogP contribution in [-0.2, 0) is 25.6 Å². The number of halogens is 1. The lowest BCUT2D eigenvalue weighted by molar-refractivity contribution is -0.142. The third-order valence-electron chi connectivity index (χ3n) is 9.42. The number of amides is 4. The second-order valence-corrected chi connectivity index (χ2v) is 12.2. The Kier molecular flexibility index (Phi) is 8.14. The Bertz CT molecular complexity index is 1150. The van der Waals surface area contributed by atoms with E-state index in [4.69, 9.17) is 4.74 Å². The van der Waals surface area contributed by atoms with Crippen LogP contribution in [0.15, 0.2) is 24.3 Å². The lowest BCUT2D eigenvalue weighted by Gasteiger charge is -2.33. The summed E-state index contributed by atoms with van der Waals surface area (Å²) in [6.07, 6.45) is 5.65. The van der Waals surface area contributed by atoms with Crippen LogP contribution in [0.1, 0.15) is 56.9 Å². The van der Waals surface area contributed by atoms with Gasteiger partial charge in [0.25, 0.3) is 5.91 Å². The Balaban J connectivity index is 1.19. The Morgan fingerprint density at radius 2 is 1.61 bits per heavy atom. The highest BCUT2D eigenvalue weighted by atomic mass is 19.1. The number of carbonyl (C=O) groups excluding carboxylic acids is 4. The molecule has 11 heteroatoms. The van der Waals surface area contributed by atoms with Crippen molar-refractivity contribution in [3.8, 4) is 5.75 Å². The van der Waals surface area contributed by atoms with Gasteiger partial charge in [-0.05, 0) is 49.8 Å². The van der Waals surface area contributed by atoms with Crippen molar-refractivity contribution in [1.29, 1.82) is 0 Å². The first kappa shape index (κ1) is 27.9. The first-order valence-corrected chi connectivity index (χ1v) is 15.2. The number of nitrogens with zero attached hydrogens (tertiary/aromatic N) is 3. The number of fused-ring (bicyclic) bond motifs is 3. The van der Waals surface area contributed by atoms with E-state index in [1.807, 2.05) is 12.1 Å². The highest BCUT2D eigenvalue weighted by Crippen LogP contribution is 2.32. The minimum Gasteiger partial charge on any atom is -0.484 e. The van der Waals surface area contributed by atoms with Gasteiger partial charge in [-0.1, -0.05) is 25.0 Å². The summed E-state index contributed by atoms with van der Waals surface area (Å²) in [7, 11) is 0. The van der Waals surface area contributed by atoms with Crippen LogP contribution in [0.25, 0.3) is 0 Å². The number of carbonyl (C=O) groups is 4. The molecule has 0 unspecified atom stereocenters. The zero-order valence-corrected chi connectivity index (χ0v) is 23.4. The molecule has 5 atom stereocenters. The van der Waals surface area contributed by atoms with Crippen LogP contribution in [0.5, 0.6) is 5.75 Å². The lowest BCUT2D eigenvalue weighted by Crippen LogP contribution is -2.57. The van der Waals surface area contributed by atoms with Gasteiger partial charge in [0.2, 0.25) is 17.7 Å². The van der Waals surface area contributed by atoms with Gasteiger partial charge in [-0.3, -0.25) is 24.1 Å². The summed E-state index contributed by atoms with van der Waals surface area (Å²) < 4.78 is 20.3. The fraction of sp³-hybridized carbons (Fsp3) is 0.667. The highest BCUT2D eigenvalue weighted by Gasteiger charge is 2.47. The number of rotatable bonds is 6. The third-order valence-corrected chi connectivity index (χ3v) is 9.42. The molecule has 10 nitrogen and oxygen atoms in total. The fourth-order valence-electron chi connectivity index (χ4n) is 7.27. The van der Waals surface area contributed by atoms with E-state index in [-0.39, 0.29) is 55.8 Å². The van der Waals surface area contributed by atoms with Gasteiger partial charge >= 0.3 is 0 Å². The second-order valence-electron chi connectivity index (χ2n) is 12.2. The van der Waals surface area contributed by atoms with Crippen molar-refractivity contribution >= 4 is 23.6 Å². The molecular formula is C30H40FN5O5. The summed E-state index contributed by atoms with van der Waals surface area (Å²) in [6.45, 7) is 1.93. The number of hydrogen-bond acceptors (Lipinski definition) is 6. The molecule has 4 aliphatic heterocycles. The average molecular weight is 570 g/mol. The largest absolute Gasteiger partial charge is 0.484 e. The predicted molar refractivity (Wildman–Crippen MR) is 148 cm³/mol. The molecule has 4 saturated heterocycles. The molecule has 6 rings (SSSR count). The van der Waals surface area contributed by atoms with E-state index in [0.29, 0.717) is 18.7 Å². The molecule has 1 aliphatic carbocycles. The Labute approximate surface area is 239 Å². The van der Waals surface area contributed by atoms with Crippen molar-refractivity contribution in [3.05, 3.63) is 29.8 Å². The van der Waals surface area contributed by atoms with Crippen molar-refractivity contribution in [2.24, 2.45) is 0 Å². The molecule has 0 aromatic heterocycles. The minimum atomic E-state index is -1.29. The third kappa shape index (κ3) is 6.05. The molecule has 2 N–H and O–H groups in total. The zero-order valence-electron chi connectivity index (χ0n) is 23.4. The van der Waals surface area contributed by atoms with Crippen LogP contribution in [0.4, 0.5) is 4.39 Å². The Morgan fingerprint density at radius 1 is 0.902 bits per heavy atom. The van der Waals surface area contributed by atoms with Crippen molar-refractivity contribution < 1.29 is 28.3 Å². The summed E-state index contributed by atoms with van der Waals surface area (Å²) >= 11 is 0. The molecule has 4 heterocycles. The van der Waals surface area contributed by atoms with Gasteiger partial charge in [0, 0.05) is 44.6 Å². The molecule has 1 aromatic carbocycles. The van der Waals surface area contributed by atoms with E-state index in [2.05, 4.69) is 15.5 Å². The predicted octanol–water partition coefficient (Wildman–Crippen LogP) is 1.17. The topological polar surface area (TPSA) is 111 Å².